The number of nitrogens with one attached hydrogen (secondary N) is 1. The number of pyridine rings is 1. The Hall–Kier alpha value is -1.42. The van der Waals surface area contributed by atoms with Gasteiger partial charge in [-0.05, 0) is 31.9 Å². The van der Waals surface area contributed by atoms with Crippen molar-refractivity contribution in [1.29, 1.82) is 0 Å². The van der Waals surface area contributed by atoms with Crippen molar-refractivity contribution in [3.8, 4) is 0 Å². The second-order valence-electron chi connectivity index (χ2n) is 3.97. The van der Waals surface area contributed by atoms with Crippen molar-refractivity contribution in [2.75, 3.05) is 0 Å². The zero-order valence-electron chi connectivity index (χ0n) is 9.73. The van der Waals surface area contributed by atoms with Crippen molar-refractivity contribution >= 4 is 5.91 Å². The number of rotatable bonds is 5. The van der Waals surface area contributed by atoms with Crippen LogP contribution in [0.25, 0.3) is 0 Å². The van der Waals surface area contributed by atoms with E-state index in [2.05, 4.69) is 10.3 Å². The second kappa shape index (κ2) is 6.23. The van der Waals surface area contributed by atoms with Crippen LogP contribution in [0, 0.1) is 6.92 Å². The van der Waals surface area contributed by atoms with Crippen molar-refractivity contribution < 1.29 is 9.90 Å². The summed E-state index contributed by atoms with van der Waals surface area (Å²) in [6, 6.07) is 3.86. The minimum atomic E-state index is -0.424. The Balaban J connectivity index is 2.29. The zero-order chi connectivity index (χ0) is 12.0. The van der Waals surface area contributed by atoms with Crippen LogP contribution >= 0.6 is 0 Å². The van der Waals surface area contributed by atoms with Crippen LogP contribution in [0.3, 0.4) is 0 Å². The number of aliphatic hydroxyl groups excluding tert-OH is 1. The smallest absolute Gasteiger partial charge is 0.220 e. The van der Waals surface area contributed by atoms with Gasteiger partial charge < -0.3 is 10.4 Å². The Morgan fingerprint density at radius 2 is 2.31 bits per heavy atom. The van der Waals surface area contributed by atoms with Crippen LogP contribution in [0.4, 0.5) is 0 Å². The molecule has 0 saturated carbocycles. The average Bonchev–Trinajstić information content (AvgIpc) is 2.25. The van der Waals surface area contributed by atoms with Gasteiger partial charge in [0, 0.05) is 24.9 Å². The van der Waals surface area contributed by atoms with Crippen molar-refractivity contribution in [3.63, 3.8) is 0 Å². The van der Waals surface area contributed by atoms with Crippen LogP contribution in [-0.2, 0) is 11.3 Å². The van der Waals surface area contributed by atoms with Gasteiger partial charge in [-0.1, -0.05) is 6.07 Å². The van der Waals surface area contributed by atoms with Crippen LogP contribution in [-0.4, -0.2) is 22.1 Å². The molecule has 4 nitrogen and oxygen atoms in total. The number of aryl methyl sites for hydroxylation is 1. The first kappa shape index (κ1) is 12.6. The minimum Gasteiger partial charge on any atom is -0.393 e. The Morgan fingerprint density at radius 1 is 1.56 bits per heavy atom. The van der Waals surface area contributed by atoms with E-state index in [1.54, 1.807) is 13.1 Å². The maximum atomic E-state index is 11.3. The van der Waals surface area contributed by atoms with E-state index in [1.165, 1.54) is 0 Å². The van der Waals surface area contributed by atoms with E-state index in [4.69, 9.17) is 5.11 Å². The van der Waals surface area contributed by atoms with E-state index in [1.807, 2.05) is 19.1 Å². The molecular weight excluding hydrogens is 204 g/mol. The molecule has 0 aliphatic carbocycles. The predicted octanol–water partition coefficient (Wildman–Crippen LogP) is 1.17. The average molecular weight is 222 g/mol. The molecule has 0 fully saturated rings. The molecule has 2 N–H and O–H groups in total. The van der Waals surface area contributed by atoms with Gasteiger partial charge in [0.2, 0.25) is 5.91 Å². The first-order valence-corrected chi connectivity index (χ1v) is 5.44. The van der Waals surface area contributed by atoms with Crippen LogP contribution in [0.15, 0.2) is 18.3 Å². The van der Waals surface area contributed by atoms with E-state index in [0.717, 1.165) is 11.3 Å². The summed E-state index contributed by atoms with van der Waals surface area (Å²) in [5, 5.41) is 11.8. The molecule has 0 aliphatic rings. The number of hydrogen-bond acceptors (Lipinski definition) is 3. The molecule has 1 heterocycles. The summed E-state index contributed by atoms with van der Waals surface area (Å²) < 4.78 is 0. The van der Waals surface area contributed by atoms with Crippen LogP contribution in [0.1, 0.15) is 31.0 Å². The molecule has 1 unspecified atom stereocenters. The van der Waals surface area contributed by atoms with Gasteiger partial charge >= 0.3 is 0 Å². The van der Waals surface area contributed by atoms with Gasteiger partial charge in [0.25, 0.3) is 0 Å². The van der Waals surface area contributed by atoms with E-state index in [0.29, 0.717) is 19.4 Å². The lowest BCUT2D eigenvalue weighted by Gasteiger charge is -2.06. The number of carbonyl (C=O) groups excluding carboxylic acids is 1. The van der Waals surface area contributed by atoms with Gasteiger partial charge in [-0.15, -0.1) is 0 Å². The molecule has 1 atom stereocenters. The first-order chi connectivity index (χ1) is 7.58. The molecule has 0 bridgehead atoms. The number of nitrogens with zero attached hydrogens (tertiary/aromatic N) is 1. The molecule has 1 aromatic rings. The second-order valence-corrected chi connectivity index (χ2v) is 3.97. The number of amides is 1. The Labute approximate surface area is 95.7 Å². The van der Waals surface area contributed by atoms with E-state index >= 15 is 0 Å². The summed E-state index contributed by atoms with van der Waals surface area (Å²) in [5.74, 6) is -0.0403. The predicted molar refractivity (Wildman–Crippen MR) is 61.7 cm³/mol. The zero-order valence-corrected chi connectivity index (χ0v) is 9.73. The molecule has 0 radical (unpaired) electrons. The van der Waals surface area contributed by atoms with Crippen LogP contribution in [0.2, 0.25) is 0 Å². The molecule has 0 aromatic carbocycles. The molecule has 0 aliphatic heterocycles. The Morgan fingerprint density at radius 3 is 2.88 bits per heavy atom. The maximum Gasteiger partial charge on any atom is 0.220 e. The third-order valence-corrected chi connectivity index (χ3v) is 2.25. The molecule has 1 aromatic heterocycles. The highest BCUT2D eigenvalue weighted by molar-refractivity contribution is 5.75. The topological polar surface area (TPSA) is 62.2 Å². The van der Waals surface area contributed by atoms with Gasteiger partial charge in [0.15, 0.2) is 0 Å². The molecule has 88 valence electrons. The standard InChI is InChI=1S/C12H18N2O2/c1-9-3-5-11(7-13-9)8-14-12(16)6-4-10(2)15/h3,5,7,10,15H,4,6,8H2,1-2H3,(H,14,16). The normalized spacial score (nSPS) is 12.2. The lowest BCUT2D eigenvalue weighted by Crippen LogP contribution is -2.23. The first-order valence-electron chi connectivity index (χ1n) is 5.44. The molecule has 4 heteroatoms. The van der Waals surface area contributed by atoms with E-state index < -0.39 is 6.10 Å². The van der Waals surface area contributed by atoms with Crippen molar-refractivity contribution in [2.24, 2.45) is 0 Å². The highest BCUT2D eigenvalue weighted by Gasteiger charge is 2.03. The number of aromatic nitrogens is 1. The van der Waals surface area contributed by atoms with Crippen LogP contribution in [0.5, 0.6) is 0 Å². The highest BCUT2D eigenvalue weighted by Crippen LogP contribution is 2.00. The largest absolute Gasteiger partial charge is 0.393 e. The molecular formula is C12H18N2O2. The molecule has 1 rings (SSSR count). The fraction of sp³-hybridized carbons (Fsp3) is 0.500. The van der Waals surface area contributed by atoms with Crippen molar-refractivity contribution in [3.05, 3.63) is 29.6 Å². The maximum absolute atomic E-state index is 11.3. The minimum absolute atomic E-state index is 0.0403. The van der Waals surface area contributed by atoms with Crippen molar-refractivity contribution in [2.45, 2.75) is 39.3 Å². The number of aliphatic hydroxyl groups is 1. The van der Waals surface area contributed by atoms with Gasteiger partial charge in [-0.2, -0.15) is 0 Å². The van der Waals surface area contributed by atoms with Crippen LogP contribution < -0.4 is 5.32 Å². The van der Waals surface area contributed by atoms with Gasteiger partial charge in [0.05, 0.1) is 6.10 Å². The lowest BCUT2D eigenvalue weighted by molar-refractivity contribution is -0.121. The SMILES string of the molecule is Cc1ccc(CNC(=O)CCC(C)O)cn1. The van der Waals surface area contributed by atoms with E-state index in [-0.39, 0.29) is 5.91 Å². The number of hydrogen-bond donors (Lipinski definition) is 2. The number of carbonyl (C=O) groups is 1. The fourth-order valence-electron chi connectivity index (χ4n) is 1.23. The molecule has 0 saturated heterocycles. The summed E-state index contributed by atoms with van der Waals surface area (Å²) in [7, 11) is 0. The summed E-state index contributed by atoms with van der Waals surface area (Å²) >= 11 is 0. The summed E-state index contributed by atoms with van der Waals surface area (Å²) in [5.41, 5.74) is 1.94. The Kier molecular flexibility index (Phi) is 4.92. The molecule has 16 heavy (non-hydrogen) atoms. The van der Waals surface area contributed by atoms with Gasteiger partial charge in [-0.25, -0.2) is 0 Å². The lowest BCUT2D eigenvalue weighted by atomic mass is 10.2. The highest BCUT2D eigenvalue weighted by atomic mass is 16.3. The van der Waals surface area contributed by atoms with Gasteiger partial charge in [-0.3, -0.25) is 9.78 Å². The third kappa shape index (κ3) is 4.89. The molecule has 0 spiro atoms. The fourth-order valence-corrected chi connectivity index (χ4v) is 1.23. The monoisotopic (exact) mass is 222 g/mol. The van der Waals surface area contributed by atoms with E-state index in [9.17, 15) is 4.79 Å². The van der Waals surface area contributed by atoms with Gasteiger partial charge in [0.1, 0.15) is 0 Å². The summed E-state index contributed by atoms with van der Waals surface area (Å²) in [4.78, 5) is 15.5. The third-order valence-electron chi connectivity index (χ3n) is 2.25. The van der Waals surface area contributed by atoms with Crippen molar-refractivity contribution in [1.82, 2.24) is 10.3 Å². The Bertz CT molecular complexity index is 333. The quantitative estimate of drug-likeness (QED) is 0.786. The molecule has 1 amide bonds. The summed E-state index contributed by atoms with van der Waals surface area (Å²) in [6.45, 7) is 4.09. The summed E-state index contributed by atoms with van der Waals surface area (Å²) in [6.07, 6.45) is 2.19.